The second kappa shape index (κ2) is 5.64. The molecule has 0 aromatic heterocycles. The summed E-state index contributed by atoms with van der Waals surface area (Å²) in [7, 11) is 0. The van der Waals surface area contributed by atoms with Gasteiger partial charge in [0, 0.05) is 28.8 Å². The van der Waals surface area contributed by atoms with Crippen LogP contribution in [-0.2, 0) is 0 Å². The Hall–Kier alpha value is -0.610. The molecule has 0 aliphatic carbocycles. The molecule has 0 spiro atoms. The van der Waals surface area contributed by atoms with Gasteiger partial charge >= 0.3 is 0 Å². The highest BCUT2D eigenvalue weighted by molar-refractivity contribution is 7.99. The molecule has 0 bridgehead atoms. The van der Waals surface area contributed by atoms with Gasteiger partial charge in [-0.2, -0.15) is 0 Å². The Morgan fingerprint density at radius 3 is 2.50 bits per heavy atom. The first kappa shape index (κ1) is 13.5. The standard InChI is InChI=1S/C12H17F2NS/c1-12(2,3)15-6-7-16-11-5-4-9(13)8-10(11)14/h4-5,8,15H,6-7H2,1-3H3. The maximum Gasteiger partial charge on any atom is 0.139 e. The van der Waals surface area contributed by atoms with Crippen LogP contribution in [0.2, 0.25) is 0 Å². The van der Waals surface area contributed by atoms with Crippen LogP contribution >= 0.6 is 11.8 Å². The van der Waals surface area contributed by atoms with Gasteiger partial charge in [0.2, 0.25) is 0 Å². The molecule has 1 rings (SSSR count). The maximum absolute atomic E-state index is 13.2. The molecule has 0 aliphatic heterocycles. The minimum absolute atomic E-state index is 0.0713. The Balaban J connectivity index is 2.38. The normalized spacial score (nSPS) is 11.8. The first-order valence-electron chi connectivity index (χ1n) is 5.21. The zero-order valence-corrected chi connectivity index (χ0v) is 10.6. The number of benzene rings is 1. The monoisotopic (exact) mass is 245 g/mol. The van der Waals surface area contributed by atoms with E-state index in [2.05, 4.69) is 26.1 Å². The summed E-state index contributed by atoms with van der Waals surface area (Å²) in [6.07, 6.45) is 0. The number of halogens is 2. The van der Waals surface area contributed by atoms with E-state index in [4.69, 9.17) is 0 Å². The lowest BCUT2D eigenvalue weighted by Gasteiger charge is -2.20. The smallest absolute Gasteiger partial charge is 0.139 e. The van der Waals surface area contributed by atoms with E-state index in [1.54, 1.807) is 0 Å². The molecule has 0 aliphatic rings. The second-order valence-electron chi connectivity index (χ2n) is 4.60. The first-order valence-corrected chi connectivity index (χ1v) is 6.20. The third kappa shape index (κ3) is 4.94. The van der Waals surface area contributed by atoms with E-state index in [0.717, 1.165) is 18.4 Å². The second-order valence-corrected chi connectivity index (χ2v) is 5.74. The van der Waals surface area contributed by atoms with Crippen molar-refractivity contribution in [1.29, 1.82) is 0 Å². The van der Waals surface area contributed by atoms with Gasteiger partial charge in [-0.3, -0.25) is 0 Å². The number of nitrogens with one attached hydrogen (secondary N) is 1. The van der Waals surface area contributed by atoms with Gasteiger partial charge in [0.15, 0.2) is 0 Å². The van der Waals surface area contributed by atoms with Crippen LogP contribution in [0.1, 0.15) is 20.8 Å². The molecule has 4 heteroatoms. The van der Waals surface area contributed by atoms with Crippen molar-refractivity contribution in [3.8, 4) is 0 Å². The Morgan fingerprint density at radius 1 is 1.25 bits per heavy atom. The van der Waals surface area contributed by atoms with Crippen LogP contribution in [0, 0.1) is 11.6 Å². The summed E-state index contributed by atoms with van der Waals surface area (Å²) in [5, 5.41) is 3.31. The molecule has 0 unspecified atom stereocenters. The molecule has 90 valence electrons. The van der Waals surface area contributed by atoms with E-state index in [1.165, 1.54) is 23.9 Å². The third-order valence-electron chi connectivity index (χ3n) is 1.91. The molecule has 0 saturated heterocycles. The number of thioether (sulfide) groups is 1. The minimum atomic E-state index is -0.533. The molecule has 1 nitrogen and oxygen atoms in total. The summed E-state index contributed by atoms with van der Waals surface area (Å²) in [6.45, 7) is 7.04. The topological polar surface area (TPSA) is 12.0 Å². The molecule has 0 fully saturated rings. The predicted molar refractivity (Wildman–Crippen MR) is 64.8 cm³/mol. The van der Waals surface area contributed by atoms with E-state index < -0.39 is 11.6 Å². The molecular formula is C12H17F2NS. The van der Waals surface area contributed by atoms with Crippen molar-refractivity contribution >= 4 is 11.8 Å². The average molecular weight is 245 g/mol. The molecule has 1 N–H and O–H groups in total. The summed E-state index contributed by atoms with van der Waals surface area (Å²) in [5.41, 5.74) is 0.0713. The van der Waals surface area contributed by atoms with E-state index in [-0.39, 0.29) is 5.54 Å². The van der Waals surface area contributed by atoms with E-state index >= 15 is 0 Å². The van der Waals surface area contributed by atoms with Crippen LogP contribution in [0.3, 0.4) is 0 Å². The summed E-state index contributed by atoms with van der Waals surface area (Å²) >= 11 is 1.39. The molecule has 1 aromatic carbocycles. The molecule has 0 heterocycles. The Morgan fingerprint density at radius 2 is 1.94 bits per heavy atom. The van der Waals surface area contributed by atoms with Gasteiger partial charge in [0.1, 0.15) is 11.6 Å². The predicted octanol–water partition coefficient (Wildman–Crippen LogP) is 3.45. The van der Waals surface area contributed by atoms with Crippen LogP contribution in [0.4, 0.5) is 8.78 Å². The van der Waals surface area contributed by atoms with Crippen LogP contribution in [0.15, 0.2) is 23.1 Å². The van der Waals surface area contributed by atoms with Gasteiger partial charge in [-0.05, 0) is 32.9 Å². The maximum atomic E-state index is 13.2. The van der Waals surface area contributed by atoms with Gasteiger partial charge in [-0.25, -0.2) is 8.78 Å². The summed E-state index contributed by atoms with van der Waals surface area (Å²) in [5.74, 6) is -0.254. The van der Waals surface area contributed by atoms with Gasteiger partial charge in [-0.1, -0.05) is 0 Å². The van der Waals surface area contributed by atoms with Crippen LogP contribution in [0.5, 0.6) is 0 Å². The van der Waals surface area contributed by atoms with E-state index in [1.807, 2.05) is 0 Å². The van der Waals surface area contributed by atoms with E-state index in [9.17, 15) is 8.78 Å². The highest BCUT2D eigenvalue weighted by Crippen LogP contribution is 2.21. The largest absolute Gasteiger partial charge is 0.311 e. The fourth-order valence-electron chi connectivity index (χ4n) is 1.18. The van der Waals surface area contributed by atoms with E-state index in [0.29, 0.717) is 4.90 Å². The summed E-state index contributed by atoms with van der Waals surface area (Å²) in [6, 6.07) is 3.68. The van der Waals surface area contributed by atoms with Crippen molar-refractivity contribution in [2.75, 3.05) is 12.3 Å². The molecule has 0 radical (unpaired) electrons. The molecule has 0 atom stereocenters. The zero-order valence-electron chi connectivity index (χ0n) is 9.81. The fourth-order valence-corrected chi connectivity index (χ4v) is 1.96. The van der Waals surface area contributed by atoms with Crippen molar-refractivity contribution in [1.82, 2.24) is 5.32 Å². The van der Waals surface area contributed by atoms with Crippen LogP contribution < -0.4 is 5.32 Å². The minimum Gasteiger partial charge on any atom is -0.311 e. The lowest BCUT2D eigenvalue weighted by molar-refractivity contribution is 0.441. The SMILES string of the molecule is CC(C)(C)NCCSc1ccc(F)cc1F. The van der Waals surface area contributed by atoms with Gasteiger partial charge in [0.25, 0.3) is 0 Å². The molecule has 0 amide bonds. The molecule has 0 saturated carbocycles. The van der Waals surface area contributed by atoms with Crippen molar-refractivity contribution in [2.45, 2.75) is 31.2 Å². The quantitative estimate of drug-likeness (QED) is 0.644. The first-order chi connectivity index (χ1) is 7.38. The number of hydrogen-bond donors (Lipinski definition) is 1. The Kier molecular flexibility index (Phi) is 4.74. The Labute approximate surface area is 99.6 Å². The average Bonchev–Trinajstić information content (AvgIpc) is 2.13. The highest BCUT2D eigenvalue weighted by atomic mass is 32.2. The van der Waals surface area contributed by atoms with Gasteiger partial charge in [0.05, 0.1) is 0 Å². The van der Waals surface area contributed by atoms with Crippen molar-refractivity contribution in [2.24, 2.45) is 0 Å². The van der Waals surface area contributed by atoms with Gasteiger partial charge < -0.3 is 5.32 Å². The van der Waals surface area contributed by atoms with Crippen molar-refractivity contribution < 1.29 is 8.78 Å². The summed E-state index contributed by atoms with van der Waals surface area (Å²) < 4.78 is 25.9. The molecule has 16 heavy (non-hydrogen) atoms. The van der Waals surface area contributed by atoms with Crippen LogP contribution in [0.25, 0.3) is 0 Å². The lowest BCUT2D eigenvalue weighted by atomic mass is 10.1. The zero-order chi connectivity index (χ0) is 12.2. The van der Waals surface area contributed by atoms with Crippen molar-refractivity contribution in [3.05, 3.63) is 29.8 Å². The number of hydrogen-bond acceptors (Lipinski definition) is 2. The molecular weight excluding hydrogens is 228 g/mol. The fraction of sp³-hybridized carbons (Fsp3) is 0.500. The molecule has 1 aromatic rings. The number of rotatable bonds is 4. The Bertz CT molecular complexity index is 347. The third-order valence-corrected chi connectivity index (χ3v) is 2.96. The lowest BCUT2D eigenvalue weighted by Crippen LogP contribution is -2.37. The van der Waals surface area contributed by atoms with Gasteiger partial charge in [-0.15, -0.1) is 11.8 Å². The highest BCUT2D eigenvalue weighted by Gasteiger charge is 2.08. The summed E-state index contributed by atoms with van der Waals surface area (Å²) in [4.78, 5) is 0.497. The van der Waals surface area contributed by atoms with Crippen LogP contribution in [-0.4, -0.2) is 17.8 Å². The van der Waals surface area contributed by atoms with Crippen molar-refractivity contribution in [3.63, 3.8) is 0 Å².